The number of alkyl carbamates (subject to hydrolysis) is 2. The molecule has 2 fully saturated rings. The van der Waals surface area contributed by atoms with Gasteiger partial charge in [0.1, 0.15) is 23.2 Å². The minimum atomic E-state index is -1.21. The molecule has 0 unspecified atom stereocenters. The minimum Gasteiger partial charge on any atom is -0.480 e. The lowest BCUT2D eigenvalue weighted by molar-refractivity contribution is -0.159. The van der Waals surface area contributed by atoms with E-state index in [2.05, 4.69) is 20.1 Å². The molecule has 2 aliphatic heterocycles. The number of aliphatic carboxylic acids is 1. The number of nitrogens with one attached hydrogen (secondary N) is 2. The number of rotatable bonds is 8. The third-order valence-corrected chi connectivity index (χ3v) is 7.68. The zero-order valence-corrected chi connectivity index (χ0v) is 27.0. The second-order valence-corrected chi connectivity index (χ2v) is 11.2. The highest BCUT2D eigenvalue weighted by molar-refractivity contribution is 5.93. The van der Waals surface area contributed by atoms with E-state index in [1.54, 1.807) is 20.8 Å². The van der Waals surface area contributed by atoms with Crippen molar-refractivity contribution < 1.29 is 53.2 Å². The SMILES string of the molecule is C.CO.COC(=O)N[C@H](C(=O)N1CCC[C@@]1(C)C(=O)O)C(C)C.COC(=O)N[C@H](C(=O)N1CCC[C@@]1(C)C(=O)OC)C(C)C. The monoisotopic (exact) mass is 634 g/mol. The first kappa shape index (κ1) is 42.5. The fraction of sp³-hybridized carbons (Fsp3) is 0.793. The predicted octanol–water partition coefficient (Wildman–Crippen LogP) is 2.00. The van der Waals surface area contributed by atoms with E-state index in [1.807, 2.05) is 13.8 Å². The van der Waals surface area contributed by atoms with Crippen LogP contribution in [0.1, 0.15) is 74.7 Å². The molecule has 0 aromatic heterocycles. The van der Waals surface area contributed by atoms with E-state index in [1.165, 1.54) is 38.1 Å². The van der Waals surface area contributed by atoms with E-state index in [0.29, 0.717) is 32.4 Å². The normalized spacial score (nSPS) is 21.8. The van der Waals surface area contributed by atoms with Gasteiger partial charge in [-0.1, -0.05) is 35.1 Å². The number of esters is 1. The summed E-state index contributed by atoms with van der Waals surface area (Å²) in [6.07, 6.45) is 0.957. The summed E-state index contributed by atoms with van der Waals surface area (Å²) in [6, 6.07) is -1.53. The standard InChI is InChI=1S/C14H24N2O5.C13H22N2O5.CH4O.CH4/c1-9(2)10(15-13(19)21-5)11(17)16-8-6-7-14(16,3)12(18)20-4;1-8(2)9(14-12(19)20-4)10(16)15-7-5-6-13(15,3)11(17)18;1-2;/h9-10H,6-8H2,1-5H3,(H,15,19);8-9H,5-7H2,1-4H3,(H,14,19)(H,17,18);2H,1H3;1H4/t10-,14-;9-,13-;;/m00../s1. The quantitative estimate of drug-likeness (QED) is 0.225. The number of hydrogen-bond donors (Lipinski definition) is 4. The Balaban J connectivity index is 0. The molecular weight excluding hydrogens is 580 g/mol. The van der Waals surface area contributed by atoms with Gasteiger partial charge >= 0.3 is 24.1 Å². The van der Waals surface area contributed by atoms with Crippen LogP contribution in [0, 0.1) is 11.8 Å². The van der Waals surface area contributed by atoms with Gasteiger partial charge in [-0.15, -0.1) is 0 Å². The highest BCUT2D eigenvalue weighted by Gasteiger charge is 2.49. The van der Waals surface area contributed by atoms with Crippen LogP contribution >= 0.6 is 0 Å². The molecule has 4 N–H and O–H groups in total. The Kier molecular flexibility index (Phi) is 18.3. The third kappa shape index (κ3) is 10.2. The van der Waals surface area contributed by atoms with Crippen molar-refractivity contribution in [1.29, 1.82) is 0 Å². The maximum Gasteiger partial charge on any atom is 0.407 e. The van der Waals surface area contributed by atoms with Crippen molar-refractivity contribution in [2.75, 3.05) is 41.5 Å². The van der Waals surface area contributed by atoms with Crippen LogP contribution in [0.25, 0.3) is 0 Å². The number of methoxy groups -OCH3 is 3. The van der Waals surface area contributed by atoms with E-state index in [0.717, 1.165) is 13.5 Å². The number of aliphatic hydroxyl groups is 1. The zero-order chi connectivity index (χ0) is 33.7. The summed E-state index contributed by atoms with van der Waals surface area (Å²) in [5.41, 5.74) is -2.18. The molecule has 2 rings (SSSR count). The number of likely N-dealkylation sites (tertiary alicyclic amines) is 2. The maximum absolute atomic E-state index is 12.7. The lowest BCUT2D eigenvalue weighted by Gasteiger charge is -2.35. The number of carboxylic acids is 1. The van der Waals surface area contributed by atoms with E-state index in [-0.39, 0.29) is 31.1 Å². The number of aliphatic hydroxyl groups excluding tert-OH is 1. The molecule has 0 aliphatic carbocycles. The lowest BCUT2D eigenvalue weighted by Crippen LogP contribution is -2.58. The number of carbonyl (C=O) groups is 6. The van der Waals surface area contributed by atoms with Gasteiger partial charge < -0.3 is 44.9 Å². The third-order valence-electron chi connectivity index (χ3n) is 7.68. The molecule has 15 heteroatoms. The van der Waals surface area contributed by atoms with Crippen LogP contribution in [-0.4, -0.2) is 121 Å². The Labute approximate surface area is 260 Å². The maximum atomic E-state index is 12.7. The minimum absolute atomic E-state index is 0. The second-order valence-electron chi connectivity index (χ2n) is 11.2. The first-order chi connectivity index (χ1) is 20.0. The molecule has 2 aliphatic rings. The lowest BCUT2D eigenvalue weighted by atomic mass is 9.96. The number of ether oxygens (including phenoxy) is 3. The first-order valence-corrected chi connectivity index (χ1v) is 14.1. The van der Waals surface area contributed by atoms with Crippen molar-refractivity contribution in [1.82, 2.24) is 20.4 Å². The topological polar surface area (TPSA) is 201 Å². The number of nitrogens with zero attached hydrogens (tertiary/aromatic N) is 2. The Morgan fingerprint density at radius 1 is 0.682 bits per heavy atom. The largest absolute Gasteiger partial charge is 0.480 e. The molecule has 2 saturated heterocycles. The van der Waals surface area contributed by atoms with Crippen molar-refractivity contribution in [2.45, 2.75) is 97.8 Å². The van der Waals surface area contributed by atoms with E-state index >= 15 is 0 Å². The Bertz CT molecular complexity index is 990. The Morgan fingerprint density at radius 3 is 1.32 bits per heavy atom. The van der Waals surface area contributed by atoms with Gasteiger partial charge in [0.05, 0.1) is 21.3 Å². The van der Waals surface area contributed by atoms with Gasteiger partial charge in [0.15, 0.2) is 0 Å². The molecular formula is C29H54N4O11. The van der Waals surface area contributed by atoms with Crippen molar-refractivity contribution in [2.24, 2.45) is 11.8 Å². The summed E-state index contributed by atoms with van der Waals surface area (Å²) < 4.78 is 13.9. The highest BCUT2D eigenvalue weighted by Crippen LogP contribution is 2.32. The Morgan fingerprint density at radius 2 is 1.02 bits per heavy atom. The van der Waals surface area contributed by atoms with Crippen molar-refractivity contribution in [3.05, 3.63) is 0 Å². The van der Waals surface area contributed by atoms with Crippen LogP contribution in [0.2, 0.25) is 0 Å². The van der Waals surface area contributed by atoms with Crippen LogP contribution in [0.4, 0.5) is 9.59 Å². The summed E-state index contributed by atoms with van der Waals surface area (Å²) in [5, 5.41) is 21.3. The van der Waals surface area contributed by atoms with Crippen molar-refractivity contribution in [3.8, 4) is 0 Å². The molecule has 4 atom stereocenters. The van der Waals surface area contributed by atoms with E-state index in [4.69, 9.17) is 9.84 Å². The second kappa shape index (κ2) is 18.9. The van der Waals surface area contributed by atoms with Crippen LogP contribution in [-0.2, 0) is 33.4 Å². The highest BCUT2D eigenvalue weighted by atomic mass is 16.5. The van der Waals surface area contributed by atoms with Crippen molar-refractivity contribution in [3.63, 3.8) is 0 Å². The average Bonchev–Trinajstić information content (AvgIpc) is 3.58. The van der Waals surface area contributed by atoms with Gasteiger partial charge in [-0.05, 0) is 51.4 Å². The number of carbonyl (C=O) groups excluding carboxylic acids is 5. The van der Waals surface area contributed by atoms with Gasteiger partial charge in [0, 0.05) is 20.2 Å². The summed E-state index contributed by atoms with van der Waals surface area (Å²) in [6.45, 7) is 11.3. The number of carboxylic acid groups (broad SMARTS) is 1. The summed E-state index contributed by atoms with van der Waals surface area (Å²) in [5.74, 6) is -2.43. The average molecular weight is 635 g/mol. The van der Waals surface area contributed by atoms with Gasteiger partial charge in [0.25, 0.3) is 0 Å². The van der Waals surface area contributed by atoms with Gasteiger partial charge in [0.2, 0.25) is 11.8 Å². The molecule has 15 nitrogen and oxygen atoms in total. The Hall–Kier alpha value is -3.62. The number of hydrogen-bond acceptors (Lipinski definition) is 10. The summed E-state index contributed by atoms with van der Waals surface area (Å²) >= 11 is 0. The smallest absolute Gasteiger partial charge is 0.407 e. The molecule has 0 spiro atoms. The van der Waals surface area contributed by atoms with E-state index in [9.17, 15) is 33.9 Å². The predicted molar refractivity (Wildman–Crippen MR) is 162 cm³/mol. The fourth-order valence-electron chi connectivity index (χ4n) is 5.02. The van der Waals surface area contributed by atoms with Crippen molar-refractivity contribution >= 4 is 35.9 Å². The van der Waals surface area contributed by atoms with Crippen LogP contribution in [0.15, 0.2) is 0 Å². The molecule has 0 saturated carbocycles. The molecule has 256 valence electrons. The first-order valence-electron chi connectivity index (χ1n) is 14.1. The summed E-state index contributed by atoms with van der Waals surface area (Å²) in [7, 11) is 4.77. The van der Waals surface area contributed by atoms with Crippen LogP contribution < -0.4 is 10.6 Å². The van der Waals surface area contributed by atoms with Gasteiger partial charge in [-0.25, -0.2) is 19.2 Å². The molecule has 0 aromatic rings. The molecule has 2 heterocycles. The summed E-state index contributed by atoms with van der Waals surface area (Å²) in [4.78, 5) is 74.2. The number of amides is 4. The van der Waals surface area contributed by atoms with Gasteiger partial charge in [-0.2, -0.15) is 0 Å². The van der Waals surface area contributed by atoms with Crippen LogP contribution in [0.3, 0.4) is 0 Å². The molecule has 44 heavy (non-hydrogen) atoms. The molecule has 0 bridgehead atoms. The van der Waals surface area contributed by atoms with Gasteiger partial charge in [-0.3, -0.25) is 9.59 Å². The fourth-order valence-corrected chi connectivity index (χ4v) is 5.02. The molecule has 4 amide bonds. The molecule has 0 radical (unpaired) electrons. The van der Waals surface area contributed by atoms with E-state index < -0.39 is 47.3 Å². The zero-order valence-electron chi connectivity index (χ0n) is 27.0. The molecule has 0 aromatic carbocycles. The van der Waals surface area contributed by atoms with Crippen LogP contribution in [0.5, 0.6) is 0 Å².